The van der Waals surface area contributed by atoms with Crippen molar-refractivity contribution in [2.75, 3.05) is 43.5 Å². The molecule has 0 radical (unpaired) electrons. The van der Waals surface area contributed by atoms with Gasteiger partial charge in [0.1, 0.15) is 17.7 Å². The van der Waals surface area contributed by atoms with Gasteiger partial charge < -0.3 is 20.8 Å². The number of urea groups is 2. The van der Waals surface area contributed by atoms with Crippen LogP contribution in [0.25, 0.3) is 0 Å². The number of imide groups is 2. The SMILES string of the molecule is CC1(C)C(=O)N(CC(O)CNc2ccccc2)C(=O)N1CN1C(=O)N(CC(O)CNc2ccccc2)C(=O)C1(C)C. The Kier molecular flexibility index (Phi) is 8.55. The van der Waals surface area contributed by atoms with Gasteiger partial charge in [-0.05, 0) is 52.0 Å². The number of amides is 6. The molecule has 2 heterocycles. The molecule has 0 aromatic heterocycles. The lowest BCUT2D eigenvalue weighted by molar-refractivity contribution is -0.133. The van der Waals surface area contributed by atoms with E-state index in [1.165, 1.54) is 9.80 Å². The van der Waals surface area contributed by atoms with E-state index in [0.717, 1.165) is 21.2 Å². The number of nitrogens with zero attached hydrogens (tertiary/aromatic N) is 4. The maximum Gasteiger partial charge on any atom is 0.329 e. The van der Waals surface area contributed by atoms with Crippen LogP contribution in [-0.2, 0) is 9.59 Å². The molecule has 2 unspecified atom stereocenters. The minimum absolute atomic E-state index is 0.115. The standard InChI is InChI=1S/C29H38N6O6/c1-28(2)24(38)32(17-22(36)15-30-20-11-7-5-8-12-20)26(40)34(28)19-35-27(41)33(25(39)29(35,3)4)18-23(37)16-31-21-13-9-6-10-14-21/h5-14,22-23,30-31,36-37H,15-19H2,1-4H3. The number of carbonyl (C=O) groups is 4. The van der Waals surface area contributed by atoms with Gasteiger partial charge in [-0.25, -0.2) is 9.59 Å². The van der Waals surface area contributed by atoms with Gasteiger partial charge in [-0.1, -0.05) is 36.4 Å². The minimum Gasteiger partial charge on any atom is -0.389 e. The average Bonchev–Trinajstić information content (AvgIpc) is 3.21. The summed E-state index contributed by atoms with van der Waals surface area (Å²) in [7, 11) is 0. The van der Waals surface area contributed by atoms with Crippen LogP contribution in [0.5, 0.6) is 0 Å². The molecule has 12 nitrogen and oxygen atoms in total. The first kappa shape index (κ1) is 29.8. The number of aliphatic hydroxyl groups is 2. The van der Waals surface area contributed by atoms with Crippen LogP contribution in [0.1, 0.15) is 27.7 Å². The molecule has 0 bridgehead atoms. The first-order valence-corrected chi connectivity index (χ1v) is 13.5. The summed E-state index contributed by atoms with van der Waals surface area (Å²) in [6.07, 6.45) is -2.07. The number of carbonyl (C=O) groups excluding carboxylic acids is 4. The van der Waals surface area contributed by atoms with Gasteiger partial charge in [0.25, 0.3) is 11.8 Å². The summed E-state index contributed by atoms with van der Waals surface area (Å²) in [5, 5.41) is 27.3. The molecule has 4 N–H and O–H groups in total. The predicted octanol–water partition coefficient (Wildman–Crippen LogP) is 1.98. The Labute approximate surface area is 239 Å². The molecule has 0 spiro atoms. The first-order valence-electron chi connectivity index (χ1n) is 13.5. The van der Waals surface area contributed by atoms with Crippen LogP contribution in [0.3, 0.4) is 0 Å². The van der Waals surface area contributed by atoms with Crippen LogP contribution < -0.4 is 10.6 Å². The topological polar surface area (TPSA) is 146 Å². The van der Waals surface area contributed by atoms with Crippen molar-refractivity contribution in [3.63, 3.8) is 0 Å². The summed E-state index contributed by atoms with van der Waals surface area (Å²) in [6, 6.07) is 17.1. The molecular formula is C29H38N6O6. The van der Waals surface area contributed by atoms with Crippen molar-refractivity contribution < 1.29 is 29.4 Å². The number of nitrogens with one attached hydrogen (secondary N) is 2. The van der Waals surface area contributed by atoms with Gasteiger partial charge in [-0.2, -0.15) is 0 Å². The second kappa shape index (κ2) is 11.8. The Balaban J connectivity index is 1.40. The van der Waals surface area contributed by atoms with E-state index in [9.17, 15) is 29.4 Å². The number of aliphatic hydroxyl groups excluding tert-OH is 2. The molecule has 41 heavy (non-hydrogen) atoms. The van der Waals surface area contributed by atoms with Gasteiger partial charge in [0.05, 0.1) is 25.3 Å². The predicted molar refractivity (Wildman–Crippen MR) is 153 cm³/mol. The molecule has 2 aliphatic heterocycles. The zero-order valence-corrected chi connectivity index (χ0v) is 23.8. The van der Waals surface area contributed by atoms with Crippen LogP contribution in [0.15, 0.2) is 60.7 Å². The summed E-state index contributed by atoms with van der Waals surface area (Å²) in [5.74, 6) is -1.03. The van der Waals surface area contributed by atoms with Crippen molar-refractivity contribution >= 4 is 35.3 Å². The average molecular weight is 567 g/mol. The van der Waals surface area contributed by atoms with E-state index < -0.39 is 47.2 Å². The van der Waals surface area contributed by atoms with Crippen molar-refractivity contribution in [1.82, 2.24) is 19.6 Å². The van der Waals surface area contributed by atoms with Gasteiger partial charge in [-0.3, -0.25) is 29.2 Å². The van der Waals surface area contributed by atoms with Gasteiger partial charge in [0.15, 0.2) is 0 Å². The van der Waals surface area contributed by atoms with E-state index in [-0.39, 0.29) is 32.8 Å². The smallest absolute Gasteiger partial charge is 0.329 e. The van der Waals surface area contributed by atoms with E-state index >= 15 is 0 Å². The van der Waals surface area contributed by atoms with Crippen molar-refractivity contribution in [2.24, 2.45) is 0 Å². The molecule has 0 aliphatic carbocycles. The summed E-state index contributed by atoms with van der Waals surface area (Å²) >= 11 is 0. The van der Waals surface area contributed by atoms with Crippen LogP contribution in [-0.4, -0.2) is 110 Å². The molecule has 4 rings (SSSR count). The maximum atomic E-state index is 13.4. The highest BCUT2D eigenvalue weighted by Crippen LogP contribution is 2.33. The molecule has 6 amide bonds. The molecule has 2 aliphatic rings. The molecule has 2 fully saturated rings. The Morgan fingerprint density at radius 1 is 0.634 bits per heavy atom. The summed E-state index contributed by atoms with van der Waals surface area (Å²) < 4.78 is 0. The number of hydrogen-bond acceptors (Lipinski definition) is 8. The van der Waals surface area contributed by atoms with Crippen molar-refractivity contribution in [2.45, 2.75) is 51.0 Å². The number of anilines is 2. The van der Waals surface area contributed by atoms with Crippen LogP contribution in [0, 0.1) is 0 Å². The quantitative estimate of drug-likeness (QED) is 0.286. The van der Waals surface area contributed by atoms with Crippen LogP contribution in [0.4, 0.5) is 21.0 Å². The monoisotopic (exact) mass is 566 g/mol. The van der Waals surface area contributed by atoms with Gasteiger partial charge in [0, 0.05) is 24.5 Å². The molecule has 2 atom stereocenters. The number of β-amino-alcohol motifs (C(OH)–C–C–N with tert-alkyl or cyclic N) is 2. The Morgan fingerprint density at radius 3 is 1.32 bits per heavy atom. The number of rotatable bonds is 12. The fourth-order valence-electron chi connectivity index (χ4n) is 4.91. The third-order valence-corrected chi connectivity index (χ3v) is 7.51. The lowest BCUT2D eigenvalue weighted by Gasteiger charge is -2.36. The largest absolute Gasteiger partial charge is 0.389 e. The molecule has 2 aromatic rings. The third kappa shape index (κ3) is 6.13. The number of hydrogen-bond donors (Lipinski definition) is 4. The normalized spacial score (nSPS) is 19.7. The highest BCUT2D eigenvalue weighted by molar-refractivity contribution is 6.08. The Bertz CT molecular complexity index is 1170. The molecule has 2 saturated heterocycles. The highest BCUT2D eigenvalue weighted by Gasteiger charge is 2.57. The van der Waals surface area contributed by atoms with Crippen molar-refractivity contribution in [3.8, 4) is 0 Å². The van der Waals surface area contributed by atoms with Gasteiger partial charge in [-0.15, -0.1) is 0 Å². The van der Waals surface area contributed by atoms with E-state index in [4.69, 9.17) is 0 Å². The van der Waals surface area contributed by atoms with Crippen molar-refractivity contribution in [3.05, 3.63) is 60.7 Å². The van der Waals surface area contributed by atoms with Crippen LogP contribution >= 0.6 is 0 Å². The molecule has 0 saturated carbocycles. The highest BCUT2D eigenvalue weighted by atomic mass is 16.3. The first-order chi connectivity index (χ1) is 19.3. The molecule has 220 valence electrons. The van der Waals surface area contributed by atoms with E-state index in [1.807, 2.05) is 60.7 Å². The maximum absolute atomic E-state index is 13.4. The molecular weight excluding hydrogens is 528 g/mol. The van der Waals surface area contributed by atoms with E-state index in [1.54, 1.807) is 27.7 Å². The molecule has 2 aromatic carbocycles. The zero-order chi connectivity index (χ0) is 29.9. The van der Waals surface area contributed by atoms with Crippen LogP contribution in [0.2, 0.25) is 0 Å². The van der Waals surface area contributed by atoms with Gasteiger partial charge in [0.2, 0.25) is 0 Å². The van der Waals surface area contributed by atoms with Gasteiger partial charge >= 0.3 is 12.1 Å². The Morgan fingerprint density at radius 2 is 0.976 bits per heavy atom. The fourth-order valence-corrected chi connectivity index (χ4v) is 4.91. The second-order valence-electron chi connectivity index (χ2n) is 11.3. The zero-order valence-electron chi connectivity index (χ0n) is 23.8. The molecule has 12 heteroatoms. The third-order valence-electron chi connectivity index (χ3n) is 7.51. The summed E-state index contributed by atoms with van der Waals surface area (Å²) in [5.41, 5.74) is -1.07. The number of benzene rings is 2. The summed E-state index contributed by atoms with van der Waals surface area (Å²) in [6.45, 7) is 5.69. The minimum atomic E-state index is -1.32. The van der Waals surface area contributed by atoms with E-state index in [0.29, 0.717) is 0 Å². The Hall–Kier alpha value is -4.16. The number of para-hydroxylation sites is 2. The van der Waals surface area contributed by atoms with E-state index in [2.05, 4.69) is 10.6 Å². The summed E-state index contributed by atoms with van der Waals surface area (Å²) in [4.78, 5) is 57.8. The lowest BCUT2D eigenvalue weighted by Crippen LogP contribution is -2.55. The fraction of sp³-hybridized carbons (Fsp3) is 0.448. The van der Waals surface area contributed by atoms with Crippen molar-refractivity contribution in [1.29, 1.82) is 0 Å². The second-order valence-corrected chi connectivity index (χ2v) is 11.3. The lowest BCUT2D eigenvalue weighted by atomic mass is 10.0.